The van der Waals surface area contributed by atoms with Crippen molar-refractivity contribution in [3.63, 3.8) is 0 Å². The summed E-state index contributed by atoms with van der Waals surface area (Å²) >= 11 is 0. The first-order valence-corrected chi connectivity index (χ1v) is 6.56. The lowest BCUT2D eigenvalue weighted by Crippen LogP contribution is -2.17. The van der Waals surface area contributed by atoms with Crippen LogP contribution in [-0.2, 0) is 9.84 Å². The first kappa shape index (κ1) is 13.4. The fraction of sp³-hybridized carbons (Fsp3) is 0.250. The van der Waals surface area contributed by atoms with Crippen molar-refractivity contribution in [3.05, 3.63) is 42.0 Å². The second-order valence-corrected chi connectivity index (χ2v) is 5.99. The first-order valence-electron chi connectivity index (χ1n) is 5.01. The van der Waals surface area contributed by atoms with Gasteiger partial charge in [-0.3, -0.25) is 0 Å². The summed E-state index contributed by atoms with van der Waals surface area (Å²) in [6.07, 6.45) is 1.32. The van der Waals surface area contributed by atoms with Crippen LogP contribution in [0.3, 0.4) is 0 Å². The molecule has 1 unspecified atom stereocenters. The normalized spacial score (nSPS) is 13.1. The molecule has 1 rings (SSSR count). The number of hydrogen-bond acceptors (Lipinski definition) is 3. The molecule has 0 fully saturated rings. The van der Waals surface area contributed by atoms with E-state index in [1.165, 1.54) is 38.1 Å². The Labute approximate surface area is 101 Å². The van der Waals surface area contributed by atoms with E-state index in [0.717, 1.165) is 0 Å². The van der Waals surface area contributed by atoms with Gasteiger partial charge < -0.3 is 5.11 Å². The van der Waals surface area contributed by atoms with E-state index in [9.17, 15) is 13.2 Å². The van der Waals surface area contributed by atoms with Gasteiger partial charge in [0.2, 0.25) is 0 Å². The van der Waals surface area contributed by atoms with Crippen molar-refractivity contribution in [2.45, 2.75) is 24.0 Å². The van der Waals surface area contributed by atoms with Gasteiger partial charge in [-0.1, -0.05) is 12.1 Å². The molecule has 5 heteroatoms. The van der Waals surface area contributed by atoms with Crippen molar-refractivity contribution in [2.24, 2.45) is 0 Å². The highest BCUT2D eigenvalue weighted by Gasteiger charge is 2.24. The number of carboxylic acids is 1. The zero-order valence-corrected chi connectivity index (χ0v) is 10.5. The van der Waals surface area contributed by atoms with Gasteiger partial charge >= 0.3 is 5.97 Å². The van der Waals surface area contributed by atoms with Gasteiger partial charge in [-0.2, -0.15) is 0 Å². The molecule has 0 radical (unpaired) electrons. The van der Waals surface area contributed by atoms with Gasteiger partial charge in [0.1, 0.15) is 0 Å². The Balaban J connectivity index is 3.49. The average Bonchev–Trinajstić information content (AvgIpc) is 2.27. The van der Waals surface area contributed by atoms with Crippen LogP contribution in [0.1, 0.15) is 22.8 Å². The maximum Gasteiger partial charge on any atom is 0.335 e. The molecule has 0 aliphatic rings. The fourth-order valence-corrected chi connectivity index (χ4v) is 2.94. The first-order chi connectivity index (χ1) is 7.82. The van der Waals surface area contributed by atoms with Crippen molar-refractivity contribution in [3.8, 4) is 0 Å². The van der Waals surface area contributed by atoms with E-state index in [1.807, 2.05) is 0 Å². The summed E-state index contributed by atoms with van der Waals surface area (Å²) in [5.74, 6) is -1.13. The topological polar surface area (TPSA) is 71.4 Å². The molecule has 4 nitrogen and oxygen atoms in total. The Bertz CT molecular complexity index is 558. The number of benzene rings is 1. The molecule has 0 aromatic heterocycles. The average molecular weight is 254 g/mol. The molecular formula is C12H14O4S. The van der Waals surface area contributed by atoms with Gasteiger partial charge in [0.15, 0.2) is 9.84 Å². The maximum atomic E-state index is 12.1. The van der Waals surface area contributed by atoms with Gasteiger partial charge in [0.05, 0.1) is 15.7 Å². The largest absolute Gasteiger partial charge is 0.478 e. The summed E-state index contributed by atoms with van der Waals surface area (Å²) in [4.78, 5) is 11.0. The van der Waals surface area contributed by atoms with Gasteiger partial charge in [-0.25, -0.2) is 13.2 Å². The molecule has 0 aliphatic heterocycles. The molecule has 1 aromatic carbocycles. The van der Waals surface area contributed by atoms with E-state index in [4.69, 9.17) is 5.11 Å². The van der Waals surface area contributed by atoms with Crippen molar-refractivity contribution in [1.82, 2.24) is 0 Å². The van der Waals surface area contributed by atoms with Crippen molar-refractivity contribution >= 4 is 15.8 Å². The highest BCUT2D eigenvalue weighted by molar-refractivity contribution is 7.92. The minimum absolute atomic E-state index is 0.00216. The Morgan fingerprint density at radius 2 is 2.06 bits per heavy atom. The fourth-order valence-electron chi connectivity index (χ4n) is 1.48. The predicted molar refractivity (Wildman–Crippen MR) is 65.0 cm³/mol. The zero-order valence-electron chi connectivity index (χ0n) is 9.67. The highest BCUT2D eigenvalue weighted by Crippen LogP contribution is 2.23. The second kappa shape index (κ2) is 4.71. The molecule has 17 heavy (non-hydrogen) atoms. The zero-order chi connectivity index (χ0) is 13.2. The van der Waals surface area contributed by atoms with Crippen LogP contribution in [-0.4, -0.2) is 24.7 Å². The second-order valence-electron chi connectivity index (χ2n) is 3.72. The monoisotopic (exact) mass is 254 g/mol. The molecule has 1 N–H and O–H groups in total. The summed E-state index contributed by atoms with van der Waals surface area (Å²) in [5.41, 5.74) is 0.260. The number of hydrogen-bond donors (Lipinski definition) is 1. The molecule has 0 bridgehead atoms. The predicted octanol–water partition coefficient (Wildman–Crippen LogP) is 2.04. The maximum absolute atomic E-state index is 12.1. The van der Waals surface area contributed by atoms with E-state index in [-0.39, 0.29) is 16.0 Å². The van der Waals surface area contributed by atoms with Crippen molar-refractivity contribution < 1.29 is 18.3 Å². The SMILES string of the molecule is C=CC(C)S(=O)(=O)c1cccc(C(=O)O)c1C. The molecule has 0 saturated heterocycles. The summed E-state index contributed by atoms with van der Waals surface area (Å²) in [6.45, 7) is 6.45. The smallest absolute Gasteiger partial charge is 0.335 e. The lowest BCUT2D eigenvalue weighted by atomic mass is 10.1. The van der Waals surface area contributed by atoms with E-state index >= 15 is 0 Å². The molecule has 0 spiro atoms. The van der Waals surface area contributed by atoms with E-state index in [0.29, 0.717) is 0 Å². The Morgan fingerprint density at radius 3 is 2.53 bits per heavy atom. The van der Waals surface area contributed by atoms with Crippen LogP contribution in [0, 0.1) is 6.92 Å². The standard InChI is InChI=1S/C12H14O4S/c1-4-8(2)17(15,16)11-7-5-6-10(9(11)3)12(13)14/h4-8H,1H2,2-3H3,(H,13,14). The molecule has 0 heterocycles. The van der Waals surface area contributed by atoms with Crippen LogP contribution >= 0.6 is 0 Å². The van der Waals surface area contributed by atoms with Gasteiger partial charge in [-0.05, 0) is 31.5 Å². The molecule has 1 aromatic rings. The quantitative estimate of drug-likeness (QED) is 0.835. The van der Waals surface area contributed by atoms with E-state index in [2.05, 4.69) is 6.58 Å². The van der Waals surface area contributed by atoms with Crippen LogP contribution in [0.25, 0.3) is 0 Å². The third-order valence-electron chi connectivity index (χ3n) is 2.64. The summed E-state index contributed by atoms with van der Waals surface area (Å²) < 4.78 is 24.2. The molecule has 0 amide bonds. The highest BCUT2D eigenvalue weighted by atomic mass is 32.2. The number of sulfone groups is 1. The Kier molecular flexibility index (Phi) is 3.72. The van der Waals surface area contributed by atoms with Gasteiger partial charge in [0, 0.05) is 0 Å². The van der Waals surface area contributed by atoms with Gasteiger partial charge in [-0.15, -0.1) is 6.58 Å². The summed E-state index contributed by atoms with van der Waals surface area (Å²) in [5, 5.41) is 8.19. The van der Waals surface area contributed by atoms with Crippen LogP contribution in [0.5, 0.6) is 0 Å². The Morgan fingerprint density at radius 1 is 1.47 bits per heavy atom. The Hall–Kier alpha value is -1.62. The minimum Gasteiger partial charge on any atom is -0.478 e. The summed E-state index contributed by atoms with van der Waals surface area (Å²) in [7, 11) is -3.56. The van der Waals surface area contributed by atoms with E-state index < -0.39 is 21.1 Å². The number of carboxylic acid groups (broad SMARTS) is 1. The van der Waals surface area contributed by atoms with Gasteiger partial charge in [0.25, 0.3) is 0 Å². The molecule has 92 valence electrons. The van der Waals surface area contributed by atoms with E-state index in [1.54, 1.807) is 0 Å². The molecule has 0 aliphatic carbocycles. The lowest BCUT2D eigenvalue weighted by molar-refractivity contribution is 0.0696. The summed E-state index contributed by atoms with van der Waals surface area (Å²) in [6, 6.07) is 4.23. The number of rotatable bonds is 4. The molecular weight excluding hydrogens is 240 g/mol. The van der Waals surface area contributed by atoms with Crippen LogP contribution in [0.15, 0.2) is 35.7 Å². The third-order valence-corrected chi connectivity index (χ3v) is 4.87. The number of carbonyl (C=O) groups is 1. The third kappa shape index (κ3) is 2.39. The minimum atomic E-state index is -3.56. The number of aromatic carboxylic acids is 1. The molecule has 0 saturated carbocycles. The van der Waals surface area contributed by atoms with Crippen molar-refractivity contribution in [1.29, 1.82) is 0 Å². The molecule has 1 atom stereocenters. The van der Waals surface area contributed by atoms with Crippen LogP contribution in [0.2, 0.25) is 0 Å². The lowest BCUT2D eigenvalue weighted by Gasteiger charge is -2.12. The van der Waals surface area contributed by atoms with Crippen molar-refractivity contribution in [2.75, 3.05) is 0 Å². The van der Waals surface area contributed by atoms with Crippen LogP contribution in [0.4, 0.5) is 0 Å². The van der Waals surface area contributed by atoms with Crippen LogP contribution < -0.4 is 0 Å².